The van der Waals surface area contributed by atoms with E-state index in [1.165, 1.54) is 0 Å². The standard InChI is InChI=1S/C11H19NO/c1-3-8(2)6-11(13)9-4-5-10(12)7-9/h9-10H,2-7,12H2,1H3. The van der Waals surface area contributed by atoms with Gasteiger partial charge in [0.1, 0.15) is 5.78 Å². The van der Waals surface area contributed by atoms with Crippen LogP contribution < -0.4 is 5.73 Å². The smallest absolute Gasteiger partial charge is 0.140 e. The van der Waals surface area contributed by atoms with E-state index < -0.39 is 0 Å². The molecule has 13 heavy (non-hydrogen) atoms. The third kappa shape index (κ3) is 2.96. The van der Waals surface area contributed by atoms with Crippen LogP contribution in [0.15, 0.2) is 12.2 Å². The van der Waals surface area contributed by atoms with Crippen molar-refractivity contribution >= 4 is 5.78 Å². The minimum absolute atomic E-state index is 0.221. The molecule has 0 radical (unpaired) electrons. The zero-order chi connectivity index (χ0) is 9.84. The van der Waals surface area contributed by atoms with Crippen molar-refractivity contribution in [2.45, 2.75) is 45.1 Å². The molecule has 0 heterocycles. The summed E-state index contributed by atoms with van der Waals surface area (Å²) in [5.74, 6) is 0.568. The summed E-state index contributed by atoms with van der Waals surface area (Å²) in [4.78, 5) is 11.6. The molecular weight excluding hydrogens is 162 g/mol. The molecule has 74 valence electrons. The molecule has 1 aliphatic carbocycles. The van der Waals surface area contributed by atoms with Gasteiger partial charge in [-0.2, -0.15) is 0 Å². The molecule has 1 saturated carbocycles. The number of hydrogen-bond acceptors (Lipinski definition) is 2. The fourth-order valence-corrected chi connectivity index (χ4v) is 1.82. The Morgan fingerprint density at radius 1 is 1.54 bits per heavy atom. The van der Waals surface area contributed by atoms with Crippen LogP contribution in [0.25, 0.3) is 0 Å². The van der Waals surface area contributed by atoms with E-state index in [1.54, 1.807) is 0 Å². The van der Waals surface area contributed by atoms with E-state index in [4.69, 9.17) is 5.73 Å². The van der Waals surface area contributed by atoms with Crippen LogP contribution in [0.3, 0.4) is 0 Å². The van der Waals surface area contributed by atoms with Gasteiger partial charge in [-0.25, -0.2) is 0 Å². The molecule has 2 atom stereocenters. The Kier molecular flexibility index (Phi) is 3.67. The van der Waals surface area contributed by atoms with E-state index in [0.29, 0.717) is 12.2 Å². The summed E-state index contributed by atoms with van der Waals surface area (Å²) in [7, 11) is 0. The number of allylic oxidation sites excluding steroid dienone is 1. The van der Waals surface area contributed by atoms with E-state index in [0.717, 1.165) is 31.3 Å². The highest BCUT2D eigenvalue weighted by atomic mass is 16.1. The van der Waals surface area contributed by atoms with Crippen molar-refractivity contribution in [1.29, 1.82) is 0 Å². The molecule has 0 aliphatic heterocycles. The largest absolute Gasteiger partial charge is 0.328 e. The van der Waals surface area contributed by atoms with Crippen molar-refractivity contribution in [1.82, 2.24) is 0 Å². The normalized spacial score (nSPS) is 27.5. The first kappa shape index (κ1) is 10.5. The Morgan fingerprint density at radius 3 is 2.69 bits per heavy atom. The van der Waals surface area contributed by atoms with E-state index in [9.17, 15) is 4.79 Å². The average molecular weight is 181 g/mol. The summed E-state index contributed by atoms with van der Waals surface area (Å²) in [6.07, 6.45) is 4.35. The van der Waals surface area contributed by atoms with Crippen molar-refractivity contribution in [3.05, 3.63) is 12.2 Å². The Labute approximate surface area is 80.2 Å². The quantitative estimate of drug-likeness (QED) is 0.674. The Bertz CT molecular complexity index is 210. The molecule has 0 aromatic carbocycles. The molecule has 0 aromatic rings. The van der Waals surface area contributed by atoms with E-state index >= 15 is 0 Å². The highest BCUT2D eigenvalue weighted by Crippen LogP contribution is 2.26. The van der Waals surface area contributed by atoms with Gasteiger partial charge in [-0.15, -0.1) is 0 Å². The second-order valence-electron chi connectivity index (χ2n) is 4.02. The summed E-state index contributed by atoms with van der Waals surface area (Å²) in [5.41, 5.74) is 6.80. The number of nitrogens with two attached hydrogens (primary N) is 1. The number of carbonyl (C=O) groups excluding carboxylic acids is 1. The highest BCUT2D eigenvalue weighted by molar-refractivity contribution is 5.83. The molecule has 1 rings (SSSR count). The van der Waals surface area contributed by atoms with Crippen molar-refractivity contribution in [3.8, 4) is 0 Å². The predicted octanol–water partition coefficient (Wildman–Crippen LogP) is 2.04. The third-order valence-electron chi connectivity index (χ3n) is 2.85. The summed E-state index contributed by atoms with van der Waals surface area (Å²) in [5, 5.41) is 0. The monoisotopic (exact) mass is 181 g/mol. The molecule has 1 aliphatic rings. The Balaban J connectivity index is 2.36. The lowest BCUT2D eigenvalue weighted by molar-refractivity contribution is -0.122. The van der Waals surface area contributed by atoms with Gasteiger partial charge in [-0.1, -0.05) is 19.1 Å². The maximum absolute atomic E-state index is 11.6. The van der Waals surface area contributed by atoms with Gasteiger partial charge in [-0.05, 0) is 25.7 Å². The number of ketones is 1. The lowest BCUT2D eigenvalue weighted by Gasteiger charge is -2.08. The van der Waals surface area contributed by atoms with Crippen LogP contribution in [-0.2, 0) is 4.79 Å². The van der Waals surface area contributed by atoms with Crippen LogP contribution in [0, 0.1) is 5.92 Å². The Hall–Kier alpha value is -0.630. The molecular formula is C11H19NO. The Morgan fingerprint density at radius 2 is 2.23 bits per heavy atom. The van der Waals surface area contributed by atoms with Gasteiger partial charge >= 0.3 is 0 Å². The van der Waals surface area contributed by atoms with Crippen molar-refractivity contribution in [2.24, 2.45) is 11.7 Å². The van der Waals surface area contributed by atoms with Crippen molar-refractivity contribution in [3.63, 3.8) is 0 Å². The summed E-state index contributed by atoms with van der Waals surface area (Å²) in [6, 6.07) is 0.254. The average Bonchev–Trinajstić information content (AvgIpc) is 2.51. The lowest BCUT2D eigenvalue weighted by atomic mass is 9.96. The first-order valence-corrected chi connectivity index (χ1v) is 5.08. The first-order valence-electron chi connectivity index (χ1n) is 5.08. The van der Waals surface area contributed by atoms with Crippen LogP contribution in [0.2, 0.25) is 0 Å². The lowest BCUT2D eigenvalue weighted by Crippen LogP contribution is -2.18. The SMILES string of the molecule is C=C(CC)CC(=O)C1CCC(N)C1. The second-order valence-corrected chi connectivity index (χ2v) is 4.02. The van der Waals surface area contributed by atoms with Crippen LogP contribution >= 0.6 is 0 Å². The molecule has 2 nitrogen and oxygen atoms in total. The third-order valence-corrected chi connectivity index (χ3v) is 2.85. The summed E-state index contributed by atoms with van der Waals surface area (Å²) in [6.45, 7) is 5.89. The van der Waals surface area contributed by atoms with Crippen molar-refractivity contribution < 1.29 is 4.79 Å². The number of hydrogen-bond donors (Lipinski definition) is 1. The number of rotatable bonds is 4. The molecule has 2 unspecified atom stereocenters. The van der Waals surface area contributed by atoms with Crippen molar-refractivity contribution in [2.75, 3.05) is 0 Å². The predicted molar refractivity (Wildman–Crippen MR) is 54.4 cm³/mol. The van der Waals surface area contributed by atoms with Crippen LogP contribution in [0.1, 0.15) is 39.0 Å². The van der Waals surface area contributed by atoms with Crippen LogP contribution in [0.5, 0.6) is 0 Å². The van der Waals surface area contributed by atoms with Gasteiger partial charge in [0.15, 0.2) is 0 Å². The maximum atomic E-state index is 11.6. The highest BCUT2D eigenvalue weighted by Gasteiger charge is 2.27. The molecule has 0 amide bonds. The molecule has 2 heteroatoms. The minimum Gasteiger partial charge on any atom is -0.328 e. The first-order chi connectivity index (χ1) is 6.13. The summed E-state index contributed by atoms with van der Waals surface area (Å²) < 4.78 is 0. The molecule has 2 N–H and O–H groups in total. The van der Waals surface area contributed by atoms with Gasteiger partial charge in [0, 0.05) is 18.4 Å². The number of Topliss-reactive ketones (excluding diaryl/α,β-unsaturated/α-hetero) is 1. The fraction of sp³-hybridized carbons (Fsp3) is 0.727. The molecule has 0 saturated heterocycles. The van der Waals surface area contributed by atoms with Gasteiger partial charge < -0.3 is 5.73 Å². The second kappa shape index (κ2) is 4.56. The van der Waals surface area contributed by atoms with Gasteiger partial charge in [-0.3, -0.25) is 4.79 Å². The summed E-state index contributed by atoms with van der Waals surface area (Å²) >= 11 is 0. The molecule has 1 fully saturated rings. The fourth-order valence-electron chi connectivity index (χ4n) is 1.82. The topological polar surface area (TPSA) is 43.1 Å². The van der Waals surface area contributed by atoms with Gasteiger partial charge in [0.05, 0.1) is 0 Å². The zero-order valence-electron chi connectivity index (χ0n) is 8.38. The molecule has 0 bridgehead atoms. The van der Waals surface area contributed by atoms with Crippen LogP contribution in [-0.4, -0.2) is 11.8 Å². The molecule has 0 spiro atoms. The van der Waals surface area contributed by atoms with E-state index in [2.05, 4.69) is 6.58 Å². The molecule has 0 aromatic heterocycles. The van der Waals surface area contributed by atoms with E-state index in [1.807, 2.05) is 6.92 Å². The number of carbonyl (C=O) groups is 1. The van der Waals surface area contributed by atoms with Crippen LogP contribution in [0.4, 0.5) is 0 Å². The van der Waals surface area contributed by atoms with Gasteiger partial charge in [0.2, 0.25) is 0 Å². The van der Waals surface area contributed by atoms with E-state index in [-0.39, 0.29) is 12.0 Å². The minimum atomic E-state index is 0.221. The van der Waals surface area contributed by atoms with Gasteiger partial charge in [0.25, 0.3) is 0 Å². The maximum Gasteiger partial charge on any atom is 0.140 e. The zero-order valence-corrected chi connectivity index (χ0v) is 8.38.